The van der Waals surface area contributed by atoms with Crippen LogP contribution in [0.4, 0.5) is 10.8 Å². The van der Waals surface area contributed by atoms with E-state index in [1.54, 1.807) is 23.8 Å². The number of carbonyl (C=O) groups excluding carboxylic acids is 1. The van der Waals surface area contributed by atoms with E-state index in [0.717, 1.165) is 18.2 Å². The van der Waals surface area contributed by atoms with Crippen LogP contribution < -0.4 is 20.5 Å². The Morgan fingerprint density at radius 2 is 2.03 bits per heavy atom. The number of hydrogen-bond donors (Lipinski definition) is 1. The van der Waals surface area contributed by atoms with Crippen molar-refractivity contribution in [2.75, 3.05) is 36.2 Å². The second-order valence-corrected chi connectivity index (χ2v) is 8.97. The zero-order chi connectivity index (χ0) is 22.5. The number of ether oxygens (including phenoxy) is 1. The predicted molar refractivity (Wildman–Crippen MR) is 128 cm³/mol. The Kier molecular flexibility index (Phi) is 7.55. The maximum absolute atomic E-state index is 13.2. The van der Waals surface area contributed by atoms with Crippen molar-refractivity contribution in [3.63, 3.8) is 0 Å². The van der Waals surface area contributed by atoms with E-state index in [1.165, 1.54) is 23.1 Å². The molecule has 2 heterocycles. The van der Waals surface area contributed by atoms with Gasteiger partial charge in [-0.25, -0.2) is 4.98 Å². The van der Waals surface area contributed by atoms with Gasteiger partial charge in [-0.05, 0) is 39.8 Å². The number of aromatic nitrogens is 3. The molecule has 0 bridgehead atoms. The second kappa shape index (κ2) is 10.1. The number of nitrogens with zero attached hydrogens (tertiary/aromatic N) is 4. The van der Waals surface area contributed by atoms with E-state index in [4.69, 9.17) is 4.74 Å². The normalized spacial score (nSPS) is 11.2. The zero-order valence-electron chi connectivity index (χ0n) is 18.3. The third kappa shape index (κ3) is 5.19. The molecule has 0 unspecified atom stereocenters. The molecule has 10 heteroatoms. The summed E-state index contributed by atoms with van der Waals surface area (Å²) in [6.45, 7) is 9.58. The molecule has 1 amide bonds. The molecule has 0 aliphatic heterocycles. The largest absolute Gasteiger partial charge is 0.497 e. The highest BCUT2D eigenvalue weighted by atomic mass is 32.2. The molecule has 0 fully saturated rings. The lowest BCUT2D eigenvalue weighted by molar-refractivity contribution is -0.113. The monoisotopic (exact) mass is 461 g/mol. The molecule has 3 aromatic rings. The summed E-state index contributed by atoms with van der Waals surface area (Å²) >= 11 is 2.60. The van der Waals surface area contributed by atoms with Crippen molar-refractivity contribution in [2.24, 2.45) is 0 Å². The van der Waals surface area contributed by atoms with E-state index in [1.807, 2.05) is 26.0 Å². The summed E-state index contributed by atoms with van der Waals surface area (Å²) in [5.41, 5.74) is 0.967. The molecule has 0 atom stereocenters. The van der Waals surface area contributed by atoms with Gasteiger partial charge in [-0.2, -0.15) is 4.98 Å². The number of benzene rings is 1. The third-order valence-corrected chi connectivity index (χ3v) is 6.70. The van der Waals surface area contributed by atoms with Crippen molar-refractivity contribution in [3.05, 3.63) is 34.6 Å². The molecule has 8 nitrogen and oxygen atoms in total. The van der Waals surface area contributed by atoms with Crippen LogP contribution in [0.5, 0.6) is 5.75 Å². The summed E-state index contributed by atoms with van der Waals surface area (Å²) in [4.78, 5) is 36.9. The first-order valence-corrected chi connectivity index (χ1v) is 11.9. The van der Waals surface area contributed by atoms with E-state index < -0.39 is 0 Å². The van der Waals surface area contributed by atoms with Gasteiger partial charge in [0.25, 0.3) is 5.56 Å². The summed E-state index contributed by atoms with van der Waals surface area (Å²) in [5.74, 6) is 0.596. The van der Waals surface area contributed by atoms with E-state index in [0.29, 0.717) is 26.9 Å². The van der Waals surface area contributed by atoms with Crippen molar-refractivity contribution in [1.29, 1.82) is 0 Å². The summed E-state index contributed by atoms with van der Waals surface area (Å²) < 4.78 is 7.36. The van der Waals surface area contributed by atoms with Crippen LogP contribution >= 0.6 is 23.1 Å². The van der Waals surface area contributed by atoms with Crippen LogP contribution in [0.3, 0.4) is 0 Å². The van der Waals surface area contributed by atoms with E-state index in [2.05, 4.69) is 34.0 Å². The molecule has 0 spiro atoms. The average Bonchev–Trinajstić information content (AvgIpc) is 3.17. The SMILES string of the molecule is CCN(CC)c1nc2nc(SCC(=O)Nc3cccc(OC)c3)n(C(C)C)c(=O)c2s1. The maximum atomic E-state index is 13.2. The lowest BCUT2D eigenvalue weighted by Gasteiger charge is -2.15. The van der Waals surface area contributed by atoms with Gasteiger partial charge >= 0.3 is 0 Å². The zero-order valence-corrected chi connectivity index (χ0v) is 20.0. The Morgan fingerprint density at radius 1 is 1.29 bits per heavy atom. The van der Waals surface area contributed by atoms with Gasteiger partial charge in [-0.15, -0.1) is 0 Å². The Bertz CT molecular complexity index is 1120. The van der Waals surface area contributed by atoms with Gasteiger partial charge in [0.1, 0.15) is 10.4 Å². The minimum atomic E-state index is -0.190. The quantitative estimate of drug-likeness (QED) is 0.380. The summed E-state index contributed by atoms with van der Waals surface area (Å²) in [7, 11) is 1.58. The Hall–Kier alpha value is -2.59. The van der Waals surface area contributed by atoms with Crippen LogP contribution in [0.15, 0.2) is 34.2 Å². The molecule has 0 aliphatic carbocycles. The molecule has 0 aliphatic rings. The first kappa shape index (κ1) is 23.1. The number of hydrogen-bond acceptors (Lipinski definition) is 8. The van der Waals surface area contributed by atoms with E-state index >= 15 is 0 Å². The molecule has 1 N–H and O–H groups in total. The van der Waals surface area contributed by atoms with Crippen molar-refractivity contribution in [3.8, 4) is 5.75 Å². The molecule has 166 valence electrons. The van der Waals surface area contributed by atoms with E-state index in [-0.39, 0.29) is 23.3 Å². The lowest BCUT2D eigenvalue weighted by Crippen LogP contribution is -2.25. The van der Waals surface area contributed by atoms with Gasteiger partial charge in [0.2, 0.25) is 5.91 Å². The van der Waals surface area contributed by atoms with Gasteiger partial charge in [0, 0.05) is 30.9 Å². The summed E-state index contributed by atoms with van der Waals surface area (Å²) in [5, 5.41) is 4.13. The van der Waals surface area contributed by atoms with Crippen LogP contribution in [0, 0.1) is 0 Å². The summed E-state index contributed by atoms with van der Waals surface area (Å²) in [6, 6.07) is 7.08. The maximum Gasteiger partial charge on any atom is 0.274 e. The number of rotatable bonds is 9. The number of thiazole rings is 1. The summed E-state index contributed by atoms with van der Waals surface area (Å²) in [6.07, 6.45) is 0. The number of fused-ring (bicyclic) bond motifs is 1. The lowest BCUT2D eigenvalue weighted by atomic mass is 10.3. The molecule has 3 rings (SSSR count). The van der Waals surface area contributed by atoms with E-state index in [9.17, 15) is 9.59 Å². The van der Waals surface area contributed by atoms with Crippen molar-refractivity contribution in [1.82, 2.24) is 14.5 Å². The number of nitrogens with one attached hydrogen (secondary N) is 1. The molecule has 2 aromatic heterocycles. The van der Waals surface area contributed by atoms with Gasteiger partial charge in [0.05, 0.1) is 12.9 Å². The minimum absolute atomic E-state index is 0.0904. The minimum Gasteiger partial charge on any atom is -0.497 e. The average molecular weight is 462 g/mol. The molecular weight excluding hydrogens is 434 g/mol. The second-order valence-electron chi connectivity index (χ2n) is 7.05. The number of methoxy groups -OCH3 is 1. The standard InChI is InChI=1S/C21H27N5O3S2/c1-6-25(7-2)20-23-18-17(31-20)19(28)26(13(3)4)21(24-18)30-12-16(27)22-14-9-8-10-15(11-14)29-5/h8-11,13H,6-7,12H2,1-5H3,(H,22,27). The molecule has 0 saturated heterocycles. The highest BCUT2D eigenvalue weighted by Crippen LogP contribution is 2.28. The highest BCUT2D eigenvalue weighted by molar-refractivity contribution is 7.99. The van der Waals surface area contributed by atoms with Gasteiger partial charge in [-0.1, -0.05) is 29.2 Å². The van der Waals surface area contributed by atoms with Crippen LogP contribution in [0.2, 0.25) is 0 Å². The number of thioether (sulfide) groups is 1. The molecule has 31 heavy (non-hydrogen) atoms. The topological polar surface area (TPSA) is 89.3 Å². The van der Waals surface area contributed by atoms with Crippen molar-refractivity contribution >= 4 is 50.2 Å². The van der Waals surface area contributed by atoms with Gasteiger partial charge in [0.15, 0.2) is 15.9 Å². The van der Waals surface area contributed by atoms with Crippen molar-refractivity contribution in [2.45, 2.75) is 38.9 Å². The Balaban J connectivity index is 1.85. The van der Waals surface area contributed by atoms with Crippen LogP contribution in [-0.4, -0.2) is 46.4 Å². The first-order valence-electron chi connectivity index (χ1n) is 10.1. The highest BCUT2D eigenvalue weighted by Gasteiger charge is 2.20. The first-order chi connectivity index (χ1) is 14.9. The molecule has 0 radical (unpaired) electrons. The van der Waals surface area contributed by atoms with Gasteiger partial charge in [-0.3, -0.25) is 14.2 Å². The number of anilines is 2. The Morgan fingerprint density at radius 3 is 2.68 bits per heavy atom. The van der Waals surface area contributed by atoms with Crippen LogP contribution in [0.1, 0.15) is 33.7 Å². The number of amides is 1. The third-order valence-electron chi connectivity index (χ3n) is 4.65. The van der Waals surface area contributed by atoms with Crippen LogP contribution in [0.25, 0.3) is 10.3 Å². The molecular formula is C21H27N5O3S2. The fourth-order valence-corrected chi connectivity index (χ4v) is 5.06. The van der Waals surface area contributed by atoms with Crippen LogP contribution in [-0.2, 0) is 4.79 Å². The smallest absolute Gasteiger partial charge is 0.274 e. The number of carbonyl (C=O) groups is 1. The molecule has 0 saturated carbocycles. The van der Waals surface area contributed by atoms with Crippen molar-refractivity contribution < 1.29 is 9.53 Å². The Labute approximate surface area is 189 Å². The fourth-order valence-electron chi connectivity index (χ4n) is 3.07. The molecule has 1 aromatic carbocycles. The van der Waals surface area contributed by atoms with Gasteiger partial charge < -0.3 is 15.0 Å². The predicted octanol–water partition coefficient (Wildman–Crippen LogP) is 4.02. The fraction of sp³-hybridized carbons (Fsp3) is 0.429.